The van der Waals surface area contributed by atoms with Crippen LogP contribution in [0.15, 0.2) is 24.3 Å². The zero-order valence-electron chi connectivity index (χ0n) is 12.2. The van der Waals surface area contributed by atoms with Crippen molar-refractivity contribution in [3.8, 4) is 0 Å². The highest BCUT2D eigenvalue weighted by Gasteiger charge is 2.23. The third kappa shape index (κ3) is 4.62. The molecule has 1 saturated carbocycles. The van der Waals surface area contributed by atoms with Crippen LogP contribution < -0.4 is 5.32 Å². The first-order valence-electron chi connectivity index (χ1n) is 7.66. The van der Waals surface area contributed by atoms with Crippen molar-refractivity contribution in [3.05, 3.63) is 30.1 Å². The van der Waals surface area contributed by atoms with Crippen LogP contribution in [0.3, 0.4) is 0 Å². The van der Waals surface area contributed by atoms with Crippen LogP contribution in [0, 0.1) is 11.7 Å². The highest BCUT2D eigenvalue weighted by atomic mass is 19.1. The molecule has 0 heterocycles. The van der Waals surface area contributed by atoms with Crippen molar-refractivity contribution >= 4 is 11.5 Å². The van der Waals surface area contributed by atoms with Gasteiger partial charge in [0, 0.05) is 18.2 Å². The van der Waals surface area contributed by atoms with Gasteiger partial charge in [-0.3, -0.25) is 4.79 Å². The van der Waals surface area contributed by atoms with Crippen molar-refractivity contribution in [1.82, 2.24) is 0 Å². The number of nitrogens with one attached hydrogen (secondary N) is 1. The van der Waals surface area contributed by atoms with Gasteiger partial charge in [0.1, 0.15) is 11.6 Å². The SMILES string of the molecule is CC(=O)C[C@H](Nc1ccc(F)cc1)C1CCCCCC1. The van der Waals surface area contributed by atoms with Gasteiger partial charge < -0.3 is 5.32 Å². The summed E-state index contributed by atoms with van der Waals surface area (Å²) in [5.74, 6) is 0.536. The second-order valence-electron chi connectivity index (χ2n) is 5.92. The lowest BCUT2D eigenvalue weighted by Gasteiger charge is -2.27. The fourth-order valence-electron chi connectivity index (χ4n) is 3.12. The van der Waals surface area contributed by atoms with E-state index in [1.54, 1.807) is 19.1 Å². The molecule has 1 aromatic rings. The van der Waals surface area contributed by atoms with Gasteiger partial charge in [-0.2, -0.15) is 0 Å². The number of benzene rings is 1. The molecule has 0 amide bonds. The van der Waals surface area contributed by atoms with Crippen molar-refractivity contribution in [1.29, 1.82) is 0 Å². The average molecular weight is 277 g/mol. The molecule has 0 spiro atoms. The molecule has 0 unspecified atom stereocenters. The summed E-state index contributed by atoms with van der Waals surface area (Å²) >= 11 is 0. The summed E-state index contributed by atoms with van der Waals surface area (Å²) in [5.41, 5.74) is 0.905. The van der Waals surface area contributed by atoms with Crippen LogP contribution in [-0.2, 0) is 4.79 Å². The maximum atomic E-state index is 13.0. The fraction of sp³-hybridized carbons (Fsp3) is 0.588. The van der Waals surface area contributed by atoms with Crippen LogP contribution in [0.4, 0.5) is 10.1 Å². The van der Waals surface area contributed by atoms with Crippen molar-refractivity contribution in [2.75, 3.05) is 5.32 Å². The van der Waals surface area contributed by atoms with Crippen LogP contribution in [-0.4, -0.2) is 11.8 Å². The molecule has 1 N–H and O–H groups in total. The lowest BCUT2D eigenvalue weighted by atomic mass is 9.88. The Kier molecular flexibility index (Phi) is 5.57. The molecular weight excluding hydrogens is 253 g/mol. The van der Waals surface area contributed by atoms with E-state index >= 15 is 0 Å². The molecule has 110 valence electrons. The molecule has 0 aliphatic heterocycles. The van der Waals surface area contributed by atoms with Gasteiger partial charge in [-0.25, -0.2) is 4.39 Å². The number of ketones is 1. The van der Waals surface area contributed by atoms with E-state index in [1.807, 2.05) is 0 Å². The summed E-state index contributed by atoms with van der Waals surface area (Å²) in [7, 11) is 0. The summed E-state index contributed by atoms with van der Waals surface area (Å²) in [6.45, 7) is 1.65. The van der Waals surface area contributed by atoms with Gasteiger partial charge in [0.25, 0.3) is 0 Å². The van der Waals surface area contributed by atoms with Crippen LogP contribution in [0.25, 0.3) is 0 Å². The van der Waals surface area contributed by atoms with Crippen molar-refractivity contribution in [2.24, 2.45) is 5.92 Å². The minimum absolute atomic E-state index is 0.177. The van der Waals surface area contributed by atoms with E-state index in [9.17, 15) is 9.18 Å². The van der Waals surface area contributed by atoms with E-state index in [2.05, 4.69) is 5.32 Å². The second kappa shape index (κ2) is 7.41. The molecule has 0 aromatic heterocycles. The number of Topliss-reactive ketones (excluding diaryl/α,β-unsaturated/α-hetero) is 1. The first kappa shape index (κ1) is 15.0. The Morgan fingerprint density at radius 3 is 2.35 bits per heavy atom. The van der Waals surface area contributed by atoms with Gasteiger partial charge in [-0.1, -0.05) is 25.7 Å². The molecule has 2 rings (SSSR count). The zero-order chi connectivity index (χ0) is 14.4. The number of rotatable bonds is 5. The predicted molar refractivity (Wildman–Crippen MR) is 80.3 cm³/mol. The van der Waals surface area contributed by atoms with Gasteiger partial charge >= 0.3 is 0 Å². The quantitative estimate of drug-likeness (QED) is 0.800. The molecule has 1 aromatic carbocycles. The smallest absolute Gasteiger partial charge is 0.131 e. The van der Waals surface area contributed by atoms with E-state index in [0.29, 0.717) is 12.3 Å². The molecule has 2 nitrogen and oxygen atoms in total. The first-order valence-corrected chi connectivity index (χ1v) is 7.66. The third-order valence-corrected chi connectivity index (χ3v) is 4.17. The summed E-state index contributed by atoms with van der Waals surface area (Å²) in [6, 6.07) is 6.59. The van der Waals surface area contributed by atoms with Crippen molar-refractivity contribution in [3.63, 3.8) is 0 Å². The molecule has 0 bridgehead atoms. The monoisotopic (exact) mass is 277 g/mol. The van der Waals surface area contributed by atoms with E-state index in [0.717, 1.165) is 5.69 Å². The largest absolute Gasteiger partial charge is 0.382 e. The molecule has 1 fully saturated rings. The van der Waals surface area contributed by atoms with Gasteiger partial charge in [-0.05, 0) is 49.9 Å². The molecule has 3 heteroatoms. The number of anilines is 1. The number of hydrogen-bond acceptors (Lipinski definition) is 2. The number of carbonyl (C=O) groups excluding carboxylic acids is 1. The summed E-state index contributed by atoms with van der Waals surface area (Å²) < 4.78 is 13.0. The first-order chi connectivity index (χ1) is 9.65. The molecule has 0 saturated heterocycles. The lowest BCUT2D eigenvalue weighted by molar-refractivity contribution is -0.117. The topological polar surface area (TPSA) is 29.1 Å². The van der Waals surface area contributed by atoms with E-state index in [-0.39, 0.29) is 17.6 Å². The second-order valence-corrected chi connectivity index (χ2v) is 5.92. The molecule has 20 heavy (non-hydrogen) atoms. The van der Waals surface area contributed by atoms with Gasteiger partial charge in [0.15, 0.2) is 0 Å². The molecule has 0 radical (unpaired) electrons. The van der Waals surface area contributed by atoms with Crippen LogP contribution >= 0.6 is 0 Å². The summed E-state index contributed by atoms with van der Waals surface area (Å²) in [4.78, 5) is 11.5. The highest BCUT2D eigenvalue weighted by molar-refractivity contribution is 5.76. The molecule has 1 atom stereocenters. The Hall–Kier alpha value is -1.38. The van der Waals surface area contributed by atoms with Gasteiger partial charge in [0.05, 0.1) is 0 Å². The summed E-state index contributed by atoms with van der Waals surface area (Å²) in [5, 5.41) is 3.45. The standard InChI is InChI=1S/C17H24FNO/c1-13(20)12-17(14-6-4-2-3-5-7-14)19-16-10-8-15(18)9-11-16/h8-11,14,17,19H,2-7,12H2,1H3/t17-/m0/s1. The van der Waals surface area contributed by atoms with E-state index < -0.39 is 0 Å². The maximum Gasteiger partial charge on any atom is 0.131 e. The normalized spacial score (nSPS) is 18.3. The fourth-order valence-corrected chi connectivity index (χ4v) is 3.12. The van der Waals surface area contributed by atoms with Crippen LogP contribution in [0.5, 0.6) is 0 Å². The Labute approximate surface area is 120 Å². The van der Waals surface area contributed by atoms with Crippen molar-refractivity contribution < 1.29 is 9.18 Å². The average Bonchev–Trinajstić information content (AvgIpc) is 2.69. The third-order valence-electron chi connectivity index (χ3n) is 4.17. The molecule has 1 aliphatic carbocycles. The van der Waals surface area contributed by atoms with E-state index in [1.165, 1.54) is 50.7 Å². The highest BCUT2D eigenvalue weighted by Crippen LogP contribution is 2.29. The summed E-state index contributed by atoms with van der Waals surface area (Å²) in [6.07, 6.45) is 8.05. The Balaban J connectivity index is 2.05. The minimum atomic E-state index is -0.229. The molecular formula is C17H24FNO. The minimum Gasteiger partial charge on any atom is -0.382 e. The number of halogens is 1. The Bertz CT molecular complexity index is 421. The maximum absolute atomic E-state index is 13.0. The lowest BCUT2D eigenvalue weighted by Crippen LogP contribution is -2.31. The molecule has 1 aliphatic rings. The number of carbonyl (C=O) groups is 1. The Morgan fingerprint density at radius 1 is 1.20 bits per heavy atom. The zero-order valence-corrected chi connectivity index (χ0v) is 12.2. The Morgan fingerprint density at radius 2 is 1.80 bits per heavy atom. The van der Waals surface area contributed by atoms with Gasteiger partial charge in [-0.15, -0.1) is 0 Å². The van der Waals surface area contributed by atoms with Crippen LogP contribution in [0.2, 0.25) is 0 Å². The van der Waals surface area contributed by atoms with E-state index in [4.69, 9.17) is 0 Å². The predicted octanol–water partition coefficient (Wildman–Crippen LogP) is 4.56. The van der Waals surface area contributed by atoms with Crippen molar-refractivity contribution in [2.45, 2.75) is 57.9 Å². The number of hydrogen-bond donors (Lipinski definition) is 1. The van der Waals surface area contributed by atoms with Gasteiger partial charge in [0.2, 0.25) is 0 Å². The van der Waals surface area contributed by atoms with Crippen LogP contribution in [0.1, 0.15) is 51.9 Å².